The smallest absolute Gasteiger partial charge is 0.411 e. The van der Waals surface area contributed by atoms with Crippen molar-refractivity contribution in [2.45, 2.75) is 51.3 Å². The molecule has 0 N–H and O–H groups in total. The van der Waals surface area contributed by atoms with Crippen molar-refractivity contribution in [2.75, 3.05) is 13.1 Å². The van der Waals surface area contributed by atoms with E-state index in [1.54, 1.807) is 0 Å². The lowest BCUT2D eigenvalue weighted by molar-refractivity contribution is -0.140. The molecule has 0 aliphatic carbocycles. The van der Waals surface area contributed by atoms with Crippen LogP contribution in [0.5, 0.6) is 0 Å². The maximum atomic E-state index is 13.2. The first kappa shape index (κ1) is 20.5. The Morgan fingerprint density at radius 1 is 1.00 bits per heavy atom. The van der Waals surface area contributed by atoms with E-state index in [1.165, 1.54) is 0 Å². The number of hydrogen-bond donors (Lipinski definition) is 0. The van der Waals surface area contributed by atoms with Crippen molar-refractivity contribution >= 4 is 12.0 Å². The summed E-state index contributed by atoms with van der Waals surface area (Å²) in [7, 11) is 0. The second-order valence-corrected chi connectivity index (χ2v) is 8.85. The fraction of sp³-hybridized carbons (Fsp3) is 0.440. The quantitative estimate of drug-likeness (QED) is 0.747. The zero-order chi connectivity index (χ0) is 21.4. The molecular formula is C25H30N2O3. The van der Waals surface area contributed by atoms with E-state index in [4.69, 9.17) is 4.74 Å². The van der Waals surface area contributed by atoms with Crippen LogP contribution >= 0.6 is 0 Å². The van der Waals surface area contributed by atoms with Gasteiger partial charge < -0.3 is 9.64 Å². The standard InChI is InChI=1S/C25H30N2O3/c1-19(2)22(28)26-16-14-25(15-17-26)24(3,21-12-8-5-9-13-21)27(23(29)30-25)18-20-10-6-4-7-11-20/h4-13,19H,14-18H2,1-3H3. The molecule has 1 spiro atoms. The van der Waals surface area contributed by atoms with Gasteiger partial charge in [-0.25, -0.2) is 4.79 Å². The van der Waals surface area contributed by atoms with E-state index in [0.717, 1.165) is 11.1 Å². The van der Waals surface area contributed by atoms with Gasteiger partial charge in [-0.3, -0.25) is 9.69 Å². The molecule has 2 saturated heterocycles. The van der Waals surface area contributed by atoms with Crippen molar-refractivity contribution in [1.82, 2.24) is 9.80 Å². The molecular weight excluding hydrogens is 376 g/mol. The van der Waals surface area contributed by atoms with Crippen molar-refractivity contribution in [1.29, 1.82) is 0 Å². The van der Waals surface area contributed by atoms with E-state index >= 15 is 0 Å². The summed E-state index contributed by atoms with van der Waals surface area (Å²) in [4.78, 5) is 29.5. The molecule has 0 radical (unpaired) electrons. The van der Waals surface area contributed by atoms with E-state index in [-0.39, 0.29) is 17.9 Å². The molecule has 5 heteroatoms. The van der Waals surface area contributed by atoms with Crippen LogP contribution in [0, 0.1) is 5.92 Å². The number of nitrogens with zero attached hydrogens (tertiary/aromatic N) is 2. The summed E-state index contributed by atoms with van der Waals surface area (Å²) in [5, 5.41) is 0. The summed E-state index contributed by atoms with van der Waals surface area (Å²) < 4.78 is 6.18. The lowest BCUT2D eigenvalue weighted by Gasteiger charge is -2.48. The lowest BCUT2D eigenvalue weighted by Crippen LogP contribution is -2.59. The average Bonchev–Trinajstić information content (AvgIpc) is 2.97. The van der Waals surface area contributed by atoms with Gasteiger partial charge in [0.2, 0.25) is 5.91 Å². The summed E-state index contributed by atoms with van der Waals surface area (Å²) in [6.07, 6.45) is 0.982. The van der Waals surface area contributed by atoms with Crippen molar-refractivity contribution in [3.63, 3.8) is 0 Å². The van der Waals surface area contributed by atoms with Gasteiger partial charge in [0, 0.05) is 31.8 Å². The van der Waals surface area contributed by atoms with E-state index in [1.807, 2.05) is 72.2 Å². The molecule has 0 aromatic heterocycles. The summed E-state index contributed by atoms with van der Waals surface area (Å²) in [6, 6.07) is 20.2. The number of ether oxygens (including phenoxy) is 1. The Kier molecular flexibility index (Phi) is 5.31. The molecule has 1 unspecified atom stereocenters. The molecule has 0 saturated carbocycles. The van der Waals surface area contributed by atoms with Crippen LogP contribution < -0.4 is 0 Å². The van der Waals surface area contributed by atoms with Gasteiger partial charge in [-0.2, -0.15) is 0 Å². The number of benzene rings is 2. The predicted molar refractivity (Wildman–Crippen MR) is 116 cm³/mol. The van der Waals surface area contributed by atoms with Gasteiger partial charge in [-0.05, 0) is 18.1 Å². The second-order valence-electron chi connectivity index (χ2n) is 8.85. The van der Waals surface area contributed by atoms with E-state index in [9.17, 15) is 9.59 Å². The van der Waals surface area contributed by atoms with Crippen molar-refractivity contribution in [3.8, 4) is 0 Å². The van der Waals surface area contributed by atoms with Crippen LogP contribution in [-0.2, 0) is 21.6 Å². The van der Waals surface area contributed by atoms with Crippen molar-refractivity contribution < 1.29 is 14.3 Å². The highest BCUT2D eigenvalue weighted by atomic mass is 16.6. The fourth-order valence-electron chi connectivity index (χ4n) is 4.96. The molecule has 0 bridgehead atoms. The maximum Gasteiger partial charge on any atom is 0.411 e. The summed E-state index contributed by atoms with van der Waals surface area (Å²) in [6.45, 7) is 7.67. The number of piperidine rings is 1. The average molecular weight is 407 g/mol. The van der Waals surface area contributed by atoms with Crippen LogP contribution in [0.4, 0.5) is 4.79 Å². The Balaban J connectivity index is 1.70. The number of rotatable bonds is 4. The molecule has 2 amide bonds. The minimum Gasteiger partial charge on any atom is -0.440 e. The molecule has 2 aromatic carbocycles. The first-order valence-corrected chi connectivity index (χ1v) is 10.8. The first-order chi connectivity index (χ1) is 14.4. The Morgan fingerprint density at radius 2 is 1.57 bits per heavy atom. The van der Waals surface area contributed by atoms with Crippen molar-refractivity contribution in [2.24, 2.45) is 5.92 Å². The SMILES string of the molecule is CC(C)C(=O)N1CCC2(CC1)OC(=O)N(Cc1ccccc1)C2(C)c1ccccc1. The minimum absolute atomic E-state index is 0.0275. The molecule has 1 atom stereocenters. The van der Waals surface area contributed by atoms with Crippen LogP contribution in [0.2, 0.25) is 0 Å². The molecule has 4 rings (SSSR count). The van der Waals surface area contributed by atoms with Gasteiger partial charge in [0.1, 0.15) is 11.1 Å². The highest BCUT2D eigenvalue weighted by Crippen LogP contribution is 2.52. The summed E-state index contributed by atoms with van der Waals surface area (Å²) in [5.41, 5.74) is 0.860. The van der Waals surface area contributed by atoms with Gasteiger partial charge in [-0.1, -0.05) is 74.5 Å². The zero-order valence-electron chi connectivity index (χ0n) is 18.0. The Labute approximate surface area is 178 Å². The fourth-order valence-corrected chi connectivity index (χ4v) is 4.96. The molecule has 158 valence electrons. The normalized spacial score (nSPS) is 23.1. The second kappa shape index (κ2) is 7.78. The van der Waals surface area contributed by atoms with Crippen LogP contribution in [-0.4, -0.2) is 40.5 Å². The molecule has 2 aromatic rings. The Morgan fingerprint density at radius 3 is 2.13 bits per heavy atom. The van der Waals surface area contributed by atoms with Gasteiger partial charge >= 0.3 is 6.09 Å². The number of amides is 2. The van der Waals surface area contributed by atoms with Crippen LogP contribution in [0.1, 0.15) is 44.7 Å². The molecule has 5 nitrogen and oxygen atoms in total. The third-order valence-electron chi connectivity index (χ3n) is 6.83. The Hall–Kier alpha value is -2.82. The van der Waals surface area contributed by atoms with Crippen molar-refractivity contribution in [3.05, 3.63) is 71.8 Å². The number of likely N-dealkylation sites (tertiary alicyclic amines) is 1. The molecule has 2 heterocycles. The maximum absolute atomic E-state index is 13.2. The summed E-state index contributed by atoms with van der Waals surface area (Å²) >= 11 is 0. The van der Waals surface area contributed by atoms with Gasteiger partial charge in [0.25, 0.3) is 0 Å². The number of carbonyl (C=O) groups is 2. The molecule has 2 aliphatic heterocycles. The van der Waals surface area contributed by atoms with E-state index < -0.39 is 11.1 Å². The third kappa shape index (κ3) is 3.26. The lowest BCUT2D eigenvalue weighted by atomic mass is 9.70. The topological polar surface area (TPSA) is 49.9 Å². The predicted octanol–water partition coefficient (Wildman–Crippen LogP) is 4.57. The van der Waals surface area contributed by atoms with Gasteiger partial charge in [-0.15, -0.1) is 0 Å². The molecule has 2 aliphatic rings. The van der Waals surface area contributed by atoms with Gasteiger partial charge in [0.05, 0.1) is 6.54 Å². The van der Waals surface area contributed by atoms with Crippen LogP contribution in [0.25, 0.3) is 0 Å². The number of carbonyl (C=O) groups excluding carboxylic acids is 2. The first-order valence-electron chi connectivity index (χ1n) is 10.8. The minimum atomic E-state index is -0.659. The van der Waals surface area contributed by atoms with E-state index in [0.29, 0.717) is 32.5 Å². The zero-order valence-corrected chi connectivity index (χ0v) is 18.0. The molecule has 30 heavy (non-hydrogen) atoms. The molecule has 2 fully saturated rings. The largest absolute Gasteiger partial charge is 0.440 e. The Bertz CT molecular complexity index is 905. The van der Waals surface area contributed by atoms with E-state index in [2.05, 4.69) is 19.1 Å². The number of hydrogen-bond acceptors (Lipinski definition) is 3. The monoisotopic (exact) mass is 406 g/mol. The highest BCUT2D eigenvalue weighted by Gasteiger charge is 2.63. The van der Waals surface area contributed by atoms with Crippen LogP contribution in [0.3, 0.4) is 0 Å². The van der Waals surface area contributed by atoms with Crippen LogP contribution in [0.15, 0.2) is 60.7 Å². The van der Waals surface area contributed by atoms with Gasteiger partial charge in [0.15, 0.2) is 0 Å². The highest BCUT2D eigenvalue weighted by molar-refractivity contribution is 5.78. The third-order valence-corrected chi connectivity index (χ3v) is 6.83. The summed E-state index contributed by atoms with van der Waals surface area (Å²) in [5.74, 6) is 0.136.